The van der Waals surface area contributed by atoms with Gasteiger partial charge in [-0.25, -0.2) is 4.79 Å². The van der Waals surface area contributed by atoms with Gasteiger partial charge in [0.2, 0.25) is 5.88 Å². The summed E-state index contributed by atoms with van der Waals surface area (Å²) < 4.78 is 16.3. The molecule has 0 amide bonds. The van der Waals surface area contributed by atoms with Crippen LogP contribution in [-0.2, 0) is 0 Å². The van der Waals surface area contributed by atoms with E-state index in [-0.39, 0.29) is 17.2 Å². The molecule has 0 aliphatic carbocycles. The summed E-state index contributed by atoms with van der Waals surface area (Å²) in [5, 5.41) is 10.5. The van der Waals surface area contributed by atoms with Gasteiger partial charge in [-0.1, -0.05) is 41.4 Å². The SMILES string of the molecule is COc1cccc(C(=O)Oc2ccc3c(c2)OC(N)=C(C#N)C3c2c(Cl)cccc2Cl)c1. The van der Waals surface area contributed by atoms with Gasteiger partial charge in [0.05, 0.1) is 18.6 Å². The molecule has 0 saturated carbocycles. The van der Waals surface area contributed by atoms with Crippen LogP contribution in [0.3, 0.4) is 0 Å². The number of fused-ring (bicyclic) bond motifs is 1. The number of nitriles is 1. The van der Waals surface area contributed by atoms with E-state index in [1.54, 1.807) is 54.6 Å². The minimum absolute atomic E-state index is 0.0720. The fourth-order valence-corrected chi connectivity index (χ4v) is 4.11. The molecule has 0 saturated heterocycles. The second kappa shape index (κ2) is 8.83. The highest BCUT2D eigenvalue weighted by molar-refractivity contribution is 6.36. The highest BCUT2D eigenvalue weighted by Gasteiger charge is 2.33. The fourth-order valence-electron chi connectivity index (χ4n) is 3.50. The Labute approximate surface area is 194 Å². The van der Waals surface area contributed by atoms with E-state index in [0.717, 1.165) is 0 Å². The number of esters is 1. The Hall–Kier alpha value is -3.66. The van der Waals surface area contributed by atoms with Crippen LogP contribution >= 0.6 is 23.2 Å². The molecule has 1 heterocycles. The van der Waals surface area contributed by atoms with E-state index in [9.17, 15) is 10.1 Å². The zero-order valence-electron chi connectivity index (χ0n) is 16.8. The number of benzene rings is 3. The van der Waals surface area contributed by atoms with E-state index in [2.05, 4.69) is 6.07 Å². The monoisotopic (exact) mass is 466 g/mol. The minimum atomic E-state index is -0.631. The predicted octanol–water partition coefficient (Wildman–Crippen LogP) is 5.44. The quantitative estimate of drug-likeness (QED) is 0.406. The van der Waals surface area contributed by atoms with Gasteiger partial charge in [-0.15, -0.1) is 0 Å². The topological polar surface area (TPSA) is 94.6 Å². The summed E-state index contributed by atoms with van der Waals surface area (Å²) in [4.78, 5) is 12.6. The summed E-state index contributed by atoms with van der Waals surface area (Å²) in [6.07, 6.45) is 0. The van der Waals surface area contributed by atoms with Crippen LogP contribution in [0.15, 0.2) is 72.1 Å². The molecular formula is C24H16Cl2N2O4. The van der Waals surface area contributed by atoms with Crippen LogP contribution in [0, 0.1) is 11.3 Å². The third-order valence-corrected chi connectivity index (χ3v) is 5.65. The molecule has 160 valence electrons. The summed E-state index contributed by atoms with van der Waals surface area (Å²) in [6, 6.07) is 18.6. The Kier molecular flexibility index (Phi) is 5.95. The third kappa shape index (κ3) is 3.96. The first kappa shape index (κ1) is 21.6. The van der Waals surface area contributed by atoms with Gasteiger partial charge in [0.15, 0.2) is 0 Å². The number of nitrogens with two attached hydrogens (primary N) is 1. The van der Waals surface area contributed by atoms with Crippen molar-refractivity contribution in [2.45, 2.75) is 5.92 Å². The lowest BCUT2D eigenvalue weighted by molar-refractivity contribution is 0.0734. The maximum absolute atomic E-state index is 12.6. The Morgan fingerprint density at radius 3 is 2.47 bits per heavy atom. The molecular weight excluding hydrogens is 451 g/mol. The molecule has 3 aromatic carbocycles. The number of carbonyl (C=O) groups is 1. The largest absolute Gasteiger partial charge is 0.497 e. The molecule has 6 nitrogen and oxygen atoms in total. The molecule has 0 radical (unpaired) electrons. The smallest absolute Gasteiger partial charge is 0.343 e. The molecule has 1 aliphatic heterocycles. The molecule has 32 heavy (non-hydrogen) atoms. The zero-order valence-corrected chi connectivity index (χ0v) is 18.3. The van der Waals surface area contributed by atoms with Crippen molar-refractivity contribution < 1.29 is 19.0 Å². The number of nitrogens with zero attached hydrogens (tertiary/aromatic N) is 1. The lowest BCUT2D eigenvalue weighted by Gasteiger charge is -2.27. The molecule has 1 atom stereocenters. The van der Waals surface area contributed by atoms with Crippen LogP contribution < -0.4 is 19.9 Å². The number of methoxy groups -OCH3 is 1. The summed E-state index contributed by atoms with van der Waals surface area (Å²) in [7, 11) is 1.51. The van der Waals surface area contributed by atoms with Crippen molar-refractivity contribution in [1.29, 1.82) is 5.26 Å². The van der Waals surface area contributed by atoms with Crippen LogP contribution in [0.5, 0.6) is 17.2 Å². The van der Waals surface area contributed by atoms with Gasteiger partial charge in [-0.3, -0.25) is 0 Å². The number of allylic oxidation sites excluding steroid dienone is 1. The number of halogens is 2. The summed E-state index contributed by atoms with van der Waals surface area (Å²) in [6.45, 7) is 0. The van der Waals surface area contributed by atoms with E-state index in [0.29, 0.717) is 38.2 Å². The zero-order chi connectivity index (χ0) is 22.8. The van der Waals surface area contributed by atoms with Gasteiger partial charge in [0, 0.05) is 27.2 Å². The molecule has 4 rings (SSSR count). The fraction of sp³-hybridized carbons (Fsp3) is 0.0833. The molecule has 0 fully saturated rings. The van der Waals surface area contributed by atoms with E-state index in [4.69, 9.17) is 43.1 Å². The maximum atomic E-state index is 12.6. The first-order chi connectivity index (χ1) is 15.4. The minimum Gasteiger partial charge on any atom is -0.497 e. The molecule has 8 heteroatoms. The van der Waals surface area contributed by atoms with E-state index < -0.39 is 11.9 Å². The third-order valence-electron chi connectivity index (χ3n) is 4.99. The van der Waals surface area contributed by atoms with Crippen molar-refractivity contribution >= 4 is 29.2 Å². The lowest BCUT2D eigenvalue weighted by Crippen LogP contribution is -2.21. The molecule has 0 aromatic heterocycles. The van der Waals surface area contributed by atoms with Gasteiger partial charge in [0.1, 0.15) is 28.9 Å². The van der Waals surface area contributed by atoms with Gasteiger partial charge in [0.25, 0.3) is 0 Å². The Morgan fingerprint density at radius 1 is 1.06 bits per heavy atom. The van der Waals surface area contributed by atoms with E-state index in [1.807, 2.05) is 0 Å². The van der Waals surface area contributed by atoms with Crippen LogP contribution in [0.4, 0.5) is 0 Å². The van der Waals surface area contributed by atoms with Gasteiger partial charge < -0.3 is 19.9 Å². The van der Waals surface area contributed by atoms with Crippen molar-refractivity contribution in [2.24, 2.45) is 5.73 Å². The molecule has 3 aromatic rings. The van der Waals surface area contributed by atoms with Gasteiger partial charge >= 0.3 is 5.97 Å². The van der Waals surface area contributed by atoms with E-state index in [1.165, 1.54) is 13.2 Å². The first-order valence-corrected chi connectivity index (χ1v) is 10.2. The standard InChI is InChI=1S/C24H16Cl2N2O4/c1-30-14-5-2-4-13(10-14)24(29)31-15-8-9-16-20(11-15)32-23(28)17(12-27)21(16)22-18(25)6-3-7-19(22)26/h2-11,21H,28H2,1H3. The summed E-state index contributed by atoms with van der Waals surface area (Å²) in [5.41, 5.74) is 7.71. The number of rotatable bonds is 4. The van der Waals surface area contributed by atoms with Crippen LogP contribution in [-0.4, -0.2) is 13.1 Å². The van der Waals surface area contributed by atoms with Crippen molar-refractivity contribution in [3.8, 4) is 23.3 Å². The van der Waals surface area contributed by atoms with Gasteiger partial charge in [-0.2, -0.15) is 5.26 Å². The first-order valence-electron chi connectivity index (χ1n) is 9.44. The normalized spacial score (nSPS) is 14.8. The second-order valence-electron chi connectivity index (χ2n) is 6.88. The number of ether oxygens (including phenoxy) is 3. The van der Waals surface area contributed by atoms with Gasteiger partial charge in [-0.05, 0) is 36.4 Å². The average Bonchev–Trinajstić information content (AvgIpc) is 2.78. The Balaban J connectivity index is 1.72. The number of hydrogen-bond acceptors (Lipinski definition) is 6. The molecule has 0 bridgehead atoms. The lowest BCUT2D eigenvalue weighted by atomic mass is 9.83. The highest BCUT2D eigenvalue weighted by atomic mass is 35.5. The van der Waals surface area contributed by atoms with Crippen LogP contribution in [0.2, 0.25) is 10.0 Å². The maximum Gasteiger partial charge on any atom is 0.343 e. The van der Waals surface area contributed by atoms with Crippen molar-refractivity contribution in [1.82, 2.24) is 0 Å². The van der Waals surface area contributed by atoms with Crippen molar-refractivity contribution in [3.63, 3.8) is 0 Å². The Morgan fingerprint density at radius 2 is 1.78 bits per heavy atom. The number of carbonyl (C=O) groups excluding carboxylic acids is 1. The highest BCUT2D eigenvalue weighted by Crippen LogP contribution is 2.47. The average molecular weight is 467 g/mol. The number of hydrogen-bond donors (Lipinski definition) is 1. The van der Waals surface area contributed by atoms with Crippen LogP contribution in [0.1, 0.15) is 27.4 Å². The molecule has 1 aliphatic rings. The van der Waals surface area contributed by atoms with Crippen molar-refractivity contribution in [3.05, 3.63) is 98.9 Å². The summed E-state index contributed by atoms with van der Waals surface area (Å²) in [5.74, 6) is -0.154. The summed E-state index contributed by atoms with van der Waals surface area (Å²) >= 11 is 12.8. The van der Waals surface area contributed by atoms with Crippen LogP contribution in [0.25, 0.3) is 0 Å². The molecule has 2 N–H and O–H groups in total. The predicted molar refractivity (Wildman–Crippen MR) is 120 cm³/mol. The van der Waals surface area contributed by atoms with Crippen molar-refractivity contribution in [2.75, 3.05) is 7.11 Å². The van der Waals surface area contributed by atoms with E-state index >= 15 is 0 Å². The molecule has 0 spiro atoms. The second-order valence-corrected chi connectivity index (χ2v) is 7.70. The Bertz CT molecular complexity index is 1280. The molecule has 1 unspecified atom stereocenters.